The van der Waals surface area contributed by atoms with Crippen LogP contribution in [0.15, 0.2) is 10.7 Å². The minimum absolute atomic E-state index is 0.744. The Labute approximate surface area is 134 Å². The van der Waals surface area contributed by atoms with E-state index in [1.165, 1.54) is 11.3 Å². The fraction of sp³-hybridized carbons (Fsp3) is 0.600. The lowest BCUT2D eigenvalue weighted by atomic mass is 10.2. The van der Waals surface area contributed by atoms with Gasteiger partial charge in [0.1, 0.15) is 0 Å². The monoisotopic (exact) mass is 353 g/mol. The number of nitrogens with one attached hydrogen (secondary N) is 1. The van der Waals surface area contributed by atoms with Crippen LogP contribution in [0.3, 0.4) is 0 Å². The van der Waals surface area contributed by atoms with E-state index in [0.29, 0.717) is 0 Å². The highest BCUT2D eigenvalue weighted by Crippen LogP contribution is 2.23. The first-order valence-electron chi connectivity index (χ1n) is 7.58. The van der Waals surface area contributed by atoms with Gasteiger partial charge in [-0.25, -0.2) is 0 Å². The molecule has 0 saturated carbocycles. The summed E-state index contributed by atoms with van der Waals surface area (Å²) in [4.78, 5) is 0. The molecule has 0 radical (unpaired) electrons. The maximum atomic E-state index is 4.64. The number of halogens is 1. The third kappa shape index (κ3) is 3.55. The quantitative estimate of drug-likeness (QED) is 0.832. The molecule has 0 amide bonds. The van der Waals surface area contributed by atoms with Crippen molar-refractivity contribution < 1.29 is 0 Å². The highest BCUT2D eigenvalue weighted by atomic mass is 79.9. The van der Waals surface area contributed by atoms with E-state index >= 15 is 0 Å². The van der Waals surface area contributed by atoms with Gasteiger partial charge in [0, 0.05) is 24.8 Å². The van der Waals surface area contributed by atoms with E-state index in [1.807, 2.05) is 4.68 Å². The van der Waals surface area contributed by atoms with Crippen LogP contribution in [0.5, 0.6) is 0 Å². The summed E-state index contributed by atoms with van der Waals surface area (Å²) in [5.74, 6) is 0. The largest absolute Gasteiger partial charge is 0.313 e. The van der Waals surface area contributed by atoms with E-state index in [-0.39, 0.29) is 0 Å². The van der Waals surface area contributed by atoms with Gasteiger partial charge in [-0.1, -0.05) is 13.8 Å². The Bertz CT molecular complexity index is 599. The van der Waals surface area contributed by atoms with Gasteiger partial charge >= 0.3 is 0 Å². The standard InChI is InChI=1S/C15H24BrN5/c1-5-13-15(16)14(21(7-3)19-13)10-20-9-12(8-17-6-2)11(4)18-20/h9,17H,5-8,10H2,1-4H3. The SMILES string of the molecule is CCNCc1cn(Cc2c(Br)c(CC)nn2CC)nc1C. The average molecular weight is 354 g/mol. The molecule has 0 aliphatic heterocycles. The summed E-state index contributed by atoms with van der Waals surface area (Å²) < 4.78 is 5.19. The number of nitrogens with zero attached hydrogens (tertiary/aromatic N) is 4. The van der Waals surface area contributed by atoms with Crippen LogP contribution in [-0.4, -0.2) is 26.1 Å². The predicted octanol–water partition coefficient (Wildman–Crippen LogP) is 2.89. The zero-order chi connectivity index (χ0) is 15.4. The van der Waals surface area contributed by atoms with Crippen LogP contribution in [0.1, 0.15) is 43.4 Å². The van der Waals surface area contributed by atoms with Crippen molar-refractivity contribution in [3.8, 4) is 0 Å². The van der Waals surface area contributed by atoms with Crippen molar-refractivity contribution in [2.45, 2.75) is 53.8 Å². The van der Waals surface area contributed by atoms with Crippen LogP contribution in [-0.2, 0) is 26.1 Å². The summed E-state index contributed by atoms with van der Waals surface area (Å²) >= 11 is 3.69. The topological polar surface area (TPSA) is 47.7 Å². The first-order chi connectivity index (χ1) is 10.1. The van der Waals surface area contributed by atoms with Crippen LogP contribution in [0.4, 0.5) is 0 Å². The average Bonchev–Trinajstić information content (AvgIpc) is 2.98. The van der Waals surface area contributed by atoms with E-state index in [9.17, 15) is 0 Å². The number of hydrogen-bond donors (Lipinski definition) is 1. The smallest absolute Gasteiger partial charge is 0.0840 e. The fourth-order valence-electron chi connectivity index (χ4n) is 2.40. The lowest BCUT2D eigenvalue weighted by molar-refractivity contribution is 0.571. The van der Waals surface area contributed by atoms with Gasteiger partial charge in [-0.15, -0.1) is 0 Å². The Morgan fingerprint density at radius 3 is 2.62 bits per heavy atom. The van der Waals surface area contributed by atoms with Crippen LogP contribution in [0.25, 0.3) is 0 Å². The van der Waals surface area contributed by atoms with Gasteiger partial charge in [0.25, 0.3) is 0 Å². The predicted molar refractivity (Wildman–Crippen MR) is 88.4 cm³/mol. The second kappa shape index (κ2) is 7.22. The molecule has 0 aliphatic carbocycles. The molecular weight excluding hydrogens is 330 g/mol. The second-order valence-corrected chi connectivity index (χ2v) is 5.89. The van der Waals surface area contributed by atoms with Gasteiger partial charge in [0.05, 0.1) is 28.1 Å². The summed E-state index contributed by atoms with van der Waals surface area (Å²) in [6.45, 7) is 11.9. The molecule has 0 fully saturated rings. The van der Waals surface area contributed by atoms with E-state index in [0.717, 1.165) is 48.5 Å². The normalized spacial score (nSPS) is 11.3. The van der Waals surface area contributed by atoms with Crippen molar-refractivity contribution in [3.05, 3.63) is 33.3 Å². The van der Waals surface area contributed by atoms with Crippen LogP contribution in [0, 0.1) is 6.92 Å². The fourth-order valence-corrected chi connectivity index (χ4v) is 3.08. The molecule has 21 heavy (non-hydrogen) atoms. The molecule has 0 bridgehead atoms. The van der Waals surface area contributed by atoms with E-state index in [4.69, 9.17) is 0 Å². The number of rotatable bonds is 7. The minimum atomic E-state index is 0.744. The van der Waals surface area contributed by atoms with Crippen LogP contribution >= 0.6 is 15.9 Å². The van der Waals surface area contributed by atoms with E-state index in [1.54, 1.807) is 0 Å². The highest BCUT2D eigenvalue weighted by Gasteiger charge is 2.15. The molecule has 5 nitrogen and oxygen atoms in total. The molecule has 116 valence electrons. The Morgan fingerprint density at radius 1 is 1.24 bits per heavy atom. The summed E-state index contributed by atoms with van der Waals surface area (Å²) in [6.07, 6.45) is 3.06. The summed E-state index contributed by atoms with van der Waals surface area (Å²) in [5.41, 5.74) is 4.65. The Hall–Kier alpha value is -1.14. The van der Waals surface area contributed by atoms with Gasteiger partial charge in [0.2, 0.25) is 0 Å². The highest BCUT2D eigenvalue weighted by molar-refractivity contribution is 9.10. The zero-order valence-electron chi connectivity index (χ0n) is 13.3. The Morgan fingerprint density at radius 2 is 2.00 bits per heavy atom. The maximum absolute atomic E-state index is 4.64. The minimum Gasteiger partial charge on any atom is -0.313 e. The zero-order valence-corrected chi connectivity index (χ0v) is 14.9. The summed E-state index contributed by atoms with van der Waals surface area (Å²) in [6, 6.07) is 0. The molecular formula is C15H24BrN5. The van der Waals surface area contributed by atoms with Crippen molar-refractivity contribution in [1.82, 2.24) is 24.9 Å². The van der Waals surface area contributed by atoms with Crippen molar-refractivity contribution in [2.75, 3.05) is 6.54 Å². The lowest BCUT2D eigenvalue weighted by Gasteiger charge is -2.05. The lowest BCUT2D eigenvalue weighted by Crippen LogP contribution is -2.12. The molecule has 0 aliphatic rings. The molecule has 0 spiro atoms. The molecule has 0 unspecified atom stereocenters. The third-order valence-electron chi connectivity index (χ3n) is 3.62. The first kappa shape index (κ1) is 16.2. The number of aromatic nitrogens is 4. The van der Waals surface area contributed by atoms with Crippen molar-refractivity contribution >= 4 is 15.9 Å². The maximum Gasteiger partial charge on any atom is 0.0840 e. The molecule has 0 saturated heterocycles. The van der Waals surface area contributed by atoms with Crippen molar-refractivity contribution in [1.29, 1.82) is 0 Å². The Kier molecular flexibility index (Phi) is 5.58. The van der Waals surface area contributed by atoms with Gasteiger partial charge in [-0.3, -0.25) is 9.36 Å². The van der Waals surface area contributed by atoms with Gasteiger partial charge < -0.3 is 5.32 Å². The summed E-state index contributed by atoms with van der Waals surface area (Å²) in [5, 5.41) is 12.6. The molecule has 2 aromatic heterocycles. The first-order valence-corrected chi connectivity index (χ1v) is 8.37. The molecule has 2 rings (SSSR count). The van der Waals surface area contributed by atoms with Crippen LogP contribution < -0.4 is 5.32 Å². The van der Waals surface area contributed by atoms with E-state index < -0.39 is 0 Å². The van der Waals surface area contributed by atoms with Crippen molar-refractivity contribution in [2.24, 2.45) is 0 Å². The molecule has 6 heteroatoms. The third-order valence-corrected chi connectivity index (χ3v) is 4.53. The molecule has 0 atom stereocenters. The number of hydrogen-bond acceptors (Lipinski definition) is 3. The summed E-state index contributed by atoms with van der Waals surface area (Å²) in [7, 11) is 0. The molecule has 2 aromatic rings. The van der Waals surface area contributed by atoms with Gasteiger partial charge in [0.15, 0.2) is 0 Å². The molecule has 0 aromatic carbocycles. The van der Waals surface area contributed by atoms with Crippen LogP contribution in [0.2, 0.25) is 0 Å². The van der Waals surface area contributed by atoms with E-state index in [2.05, 4.69) is 70.0 Å². The van der Waals surface area contributed by atoms with Crippen molar-refractivity contribution in [3.63, 3.8) is 0 Å². The van der Waals surface area contributed by atoms with Gasteiger partial charge in [-0.05, 0) is 42.7 Å². The Balaban J connectivity index is 2.24. The number of aryl methyl sites for hydroxylation is 3. The second-order valence-electron chi connectivity index (χ2n) is 5.09. The molecule has 1 N–H and O–H groups in total. The molecule has 2 heterocycles. The van der Waals surface area contributed by atoms with Gasteiger partial charge in [-0.2, -0.15) is 10.2 Å².